The first-order valence-corrected chi connectivity index (χ1v) is 10.8. The van der Waals surface area contributed by atoms with E-state index in [0.717, 1.165) is 29.0 Å². The quantitative estimate of drug-likeness (QED) is 0.219. The SMILES string of the molecule is C=CCc1ccccc1OCCOc1ccc(/C=C2\SC(=S)N(CC=C)C2=O)cc1. The number of amides is 1. The van der Waals surface area contributed by atoms with Crippen LogP contribution in [0.25, 0.3) is 6.08 Å². The third-order valence-electron chi connectivity index (χ3n) is 4.31. The summed E-state index contributed by atoms with van der Waals surface area (Å²) in [4.78, 5) is 14.5. The van der Waals surface area contributed by atoms with Gasteiger partial charge in [-0.15, -0.1) is 13.2 Å². The van der Waals surface area contributed by atoms with E-state index >= 15 is 0 Å². The van der Waals surface area contributed by atoms with Crippen LogP contribution in [0.2, 0.25) is 0 Å². The van der Waals surface area contributed by atoms with Crippen LogP contribution < -0.4 is 9.47 Å². The summed E-state index contributed by atoms with van der Waals surface area (Å²) >= 11 is 6.56. The van der Waals surface area contributed by atoms with Gasteiger partial charge >= 0.3 is 0 Å². The van der Waals surface area contributed by atoms with Crippen LogP contribution in [0.1, 0.15) is 11.1 Å². The number of carbonyl (C=O) groups excluding carboxylic acids is 1. The van der Waals surface area contributed by atoms with Crippen LogP contribution in [0.4, 0.5) is 0 Å². The summed E-state index contributed by atoms with van der Waals surface area (Å²) < 4.78 is 12.1. The molecular weight excluding hydrogens is 414 g/mol. The first-order chi connectivity index (χ1) is 14.6. The second-order valence-corrected chi connectivity index (χ2v) is 8.12. The van der Waals surface area contributed by atoms with Crippen molar-refractivity contribution >= 4 is 40.3 Å². The molecule has 4 nitrogen and oxygen atoms in total. The van der Waals surface area contributed by atoms with Crippen LogP contribution in [0.15, 0.2) is 78.7 Å². The van der Waals surface area contributed by atoms with E-state index in [1.54, 1.807) is 11.0 Å². The predicted octanol–water partition coefficient (Wildman–Crippen LogP) is 5.26. The molecule has 30 heavy (non-hydrogen) atoms. The Hall–Kier alpha value is -2.83. The summed E-state index contributed by atoms with van der Waals surface area (Å²) in [6, 6.07) is 15.5. The standard InChI is InChI=1S/C24H23NO3S2/c1-3-7-19-8-5-6-9-21(19)28-16-15-27-20-12-10-18(11-13-20)17-22-23(26)25(14-4-2)24(29)30-22/h3-6,8-13,17H,1-2,7,14-16H2/b22-17-. The average molecular weight is 438 g/mol. The number of carbonyl (C=O) groups is 1. The number of hydrogen-bond donors (Lipinski definition) is 0. The smallest absolute Gasteiger partial charge is 0.266 e. The zero-order chi connectivity index (χ0) is 21.3. The molecule has 1 amide bonds. The van der Waals surface area contributed by atoms with Gasteiger partial charge in [0.1, 0.15) is 29.0 Å². The van der Waals surface area contributed by atoms with Gasteiger partial charge in [0.2, 0.25) is 0 Å². The van der Waals surface area contributed by atoms with Gasteiger partial charge in [0.25, 0.3) is 5.91 Å². The molecule has 1 saturated heterocycles. The molecule has 2 aromatic carbocycles. The molecule has 154 valence electrons. The maximum absolute atomic E-state index is 12.4. The lowest BCUT2D eigenvalue weighted by Gasteiger charge is -2.11. The van der Waals surface area contributed by atoms with Gasteiger partial charge in [0.15, 0.2) is 0 Å². The minimum atomic E-state index is -0.0842. The number of thiocarbonyl (C=S) groups is 1. The summed E-state index contributed by atoms with van der Waals surface area (Å²) in [5.74, 6) is 1.51. The van der Waals surface area contributed by atoms with E-state index in [1.807, 2.05) is 60.7 Å². The Morgan fingerprint density at radius 1 is 1.00 bits per heavy atom. The number of para-hydroxylation sites is 1. The van der Waals surface area contributed by atoms with Gasteiger partial charge in [0, 0.05) is 6.54 Å². The van der Waals surface area contributed by atoms with Gasteiger partial charge in [-0.3, -0.25) is 9.69 Å². The number of allylic oxidation sites excluding steroid dienone is 1. The molecule has 2 aromatic rings. The van der Waals surface area contributed by atoms with E-state index in [4.69, 9.17) is 21.7 Å². The molecule has 0 radical (unpaired) electrons. The minimum absolute atomic E-state index is 0.0842. The highest BCUT2D eigenvalue weighted by atomic mass is 32.2. The van der Waals surface area contributed by atoms with Crippen molar-refractivity contribution in [3.05, 3.63) is 89.9 Å². The zero-order valence-electron chi connectivity index (χ0n) is 16.6. The molecule has 1 aliphatic rings. The van der Waals surface area contributed by atoms with Crippen molar-refractivity contribution in [1.82, 2.24) is 4.90 Å². The lowest BCUT2D eigenvalue weighted by molar-refractivity contribution is -0.121. The Morgan fingerprint density at radius 2 is 1.73 bits per heavy atom. The van der Waals surface area contributed by atoms with Crippen molar-refractivity contribution in [1.29, 1.82) is 0 Å². The first-order valence-electron chi connectivity index (χ1n) is 9.53. The molecule has 0 spiro atoms. The number of benzene rings is 2. The Morgan fingerprint density at radius 3 is 2.47 bits per heavy atom. The Bertz CT molecular complexity index is 967. The molecular formula is C24H23NO3S2. The normalized spacial score (nSPS) is 14.8. The Balaban J connectivity index is 1.52. The Labute approximate surface area is 186 Å². The van der Waals surface area contributed by atoms with Gasteiger partial charge in [-0.05, 0) is 41.8 Å². The molecule has 1 aliphatic heterocycles. The van der Waals surface area contributed by atoms with E-state index in [9.17, 15) is 4.79 Å². The lowest BCUT2D eigenvalue weighted by Crippen LogP contribution is -2.27. The number of rotatable bonds is 10. The van der Waals surface area contributed by atoms with Gasteiger partial charge in [-0.2, -0.15) is 0 Å². The first kappa shape index (κ1) is 21.9. The van der Waals surface area contributed by atoms with Crippen molar-refractivity contribution in [2.24, 2.45) is 0 Å². The van der Waals surface area contributed by atoms with Crippen LogP contribution in [-0.2, 0) is 11.2 Å². The lowest BCUT2D eigenvalue weighted by atomic mass is 10.1. The van der Waals surface area contributed by atoms with Crippen LogP contribution in [0.3, 0.4) is 0 Å². The molecule has 3 rings (SSSR count). The van der Waals surface area contributed by atoms with E-state index in [0.29, 0.717) is 29.0 Å². The van der Waals surface area contributed by atoms with Gasteiger partial charge in [0.05, 0.1) is 4.91 Å². The van der Waals surface area contributed by atoms with Gasteiger partial charge in [-0.25, -0.2) is 0 Å². The number of thioether (sulfide) groups is 1. The second kappa shape index (κ2) is 10.8. The zero-order valence-corrected chi connectivity index (χ0v) is 18.2. The largest absolute Gasteiger partial charge is 0.490 e. The van der Waals surface area contributed by atoms with Gasteiger partial charge < -0.3 is 9.47 Å². The molecule has 0 unspecified atom stereocenters. The van der Waals surface area contributed by atoms with Gasteiger partial charge in [-0.1, -0.05) is 66.5 Å². The molecule has 6 heteroatoms. The summed E-state index contributed by atoms with van der Waals surface area (Å²) in [6.07, 6.45) is 6.13. The van der Waals surface area contributed by atoms with Crippen molar-refractivity contribution < 1.29 is 14.3 Å². The van der Waals surface area contributed by atoms with Crippen LogP contribution in [0, 0.1) is 0 Å². The van der Waals surface area contributed by atoms with Crippen molar-refractivity contribution in [3.8, 4) is 11.5 Å². The molecule has 1 fully saturated rings. The predicted molar refractivity (Wildman–Crippen MR) is 128 cm³/mol. The third-order valence-corrected chi connectivity index (χ3v) is 5.69. The second-order valence-electron chi connectivity index (χ2n) is 6.45. The molecule has 0 bridgehead atoms. The summed E-state index contributed by atoms with van der Waals surface area (Å²) in [6.45, 7) is 8.74. The Kier molecular flexibility index (Phi) is 7.88. The summed E-state index contributed by atoms with van der Waals surface area (Å²) in [5, 5.41) is 0. The number of nitrogens with zero attached hydrogens (tertiary/aromatic N) is 1. The fourth-order valence-corrected chi connectivity index (χ4v) is 4.15. The average Bonchev–Trinajstić information content (AvgIpc) is 3.01. The third kappa shape index (κ3) is 5.62. The number of hydrogen-bond acceptors (Lipinski definition) is 5. The summed E-state index contributed by atoms with van der Waals surface area (Å²) in [7, 11) is 0. The number of ether oxygens (including phenoxy) is 2. The molecule has 0 atom stereocenters. The highest BCUT2D eigenvalue weighted by molar-refractivity contribution is 8.26. The van der Waals surface area contributed by atoms with Crippen LogP contribution in [0.5, 0.6) is 11.5 Å². The van der Waals surface area contributed by atoms with E-state index in [-0.39, 0.29) is 5.91 Å². The van der Waals surface area contributed by atoms with Crippen LogP contribution in [-0.4, -0.2) is 34.9 Å². The minimum Gasteiger partial charge on any atom is -0.490 e. The highest BCUT2D eigenvalue weighted by Gasteiger charge is 2.30. The van der Waals surface area contributed by atoms with E-state index in [2.05, 4.69) is 13.2 Å². The van der Waals surface area contributed by atoms with Crippen molar-refractivity contribution in [3.63, 3.8) is 0 Å². The molecule has 0 aromatic heterocycles. The highest BCUT2D eigenvalue weighted by Crippen LogP contribution is 2.32. The van der Waals surface area contributed by atoms with E-state index < -0.39 is 0 Å². The molecule has 0 N–H and O–H groups in total. The van der Waals surface area contributed by atoms with Crippen molar-refractivity contribution in [2.45, 2.75) is 6.42 Å². The molecule has 0 aliphatic carbocycles. The van der Waals surface area contributed by atoms with Crippen molar-refractivity contribution in [2.75, 3.05) is 19.8 Å². The topological polar surface area (TPSA) is 38.8 Å². The fraction of sp³-hybridized carbons (Fsp3) is 0.167. The fourth-order valence-electron chi connectivity index (χ4n) is 2.88. The van der Waals surface area contributed by atoms with E-state index in [1.165, 1.54) is 11.8 Å². The van der Waals surface area contributed by atoms with Crippen LogP contribution >= 0.6 is 24.0 Å². The molecule has 0 saturated carbocycles. The monoisotopic (exact) mass is 437 g/mol. The molecule has 1 heterocycles. The maximum Gasteiger partial charge on any atom is 0.266 e. The summed E-state index contributed by atoms with van der Waals surface area (Å²) in [5.41, 5.74) is 2.02. The maximum atomic E-state index is 12.4.